The van der Waals surface area contributed by atoms with E-state index in [4.69, 9.17) is 9.47 Å². The Bertz CT molecular complexity index is 526. The summed E-state index contributed by atoms with van der Waals surface area (Å²) < 4.78 is 12.0. The van der Waals surface area contributed by atoms with Gasteiger partial charge in [0.1, 0.15) is 0 Å². The Morgan fingerprint density at radius 3 is 2.67 bits per heavy atom. The van der Waals surface area contributed by atoms with E-state index < -0.39 is 0 Å². The fraction of sp³-hybridized carbons (Fsp3) is 0.714. The van der Waals surface area contributed by atoms with Crippen LogP contribution in [0.2, 0.25) is 0 Å². The van der Waals surface area contributed by atoms with Crippen molar-refractivity contribution in [2.75, 3.05) is 13.7 Å². The van der Waals surface area contributed by atoms with Gasteiger partial charge in [-0.2, -0.15) is 0 Å². The number of unbranched alkanes of at least 4 members (excludes halogenated alkanes) is 1. The van der Waals surface area contributed by atoms with E-state index in [1.54, 1.807) is 13.2 Å². The van der Waals surface area contributed by atoms with E-state index in [0.29, 0.717) is 23.5 Å². The molecule has 0 aromatic heterocycles. The van der Waals surface area contributed by atoms with Gasteiger partial charge in [-0.25, -0.2) is 0 Å². The molecule has 0 amide bonds. The summed E-state index contributed by atoms with van der Waals surface area (Å²) in [4.78, 5) is 0. The second-order valence-corrected chi connectivity index (χ2v) is 7.72. The molecule has 1 fully saturated rings. The van der Waals surface area contributed by atoms with Crippen molar-refractivity contribution in [1.82, 2.24) is 0 Å². The van der Waals surface area contributed by atoms with Crippen LogP contribution in [0.5, 0.6) is 11.5 Å². The summed E-state index contributed by atoms with van der Waals surface area (Å²) in [6.45, 7) is 9.91. The molecule has 2 rings (SSSR count). The van der Waals surface area contributed by atoms with Crippen LogP contribution < -0.4 is 4.74 Å². The highest BCUT2D eigenvalue weighted by Crippen LogP contribution is 2.51. The van der Waals surface area contributed by atoms with Gasteiger partial charge in [0.2, 0.25) is 0 Å². The molecular formula is C21H34O3. The third-order valence-electron chi connectivity index (χ3n) is 5.55. The lowest BCUT2D eigenvalue weighted by Crippen LogP contribution is -2.45. The van der Waals surface area contributed by atoms with Gasteiger partial charge < -0.3 is 14.6 Å². The highest BCUT2D eigenvalue weighted by molar-refractivity contribution is 5.44. The van der Waals surface area contributed by atoms with Crippen LogP contribution in [0.15, 0.2) is 18.2 Å². The molecule has 3 atom stereocenters. The summed E-state index contributed by atoms with van der Waals surface area (Å²) in [6.07, 6.45) is 5.70. The topological polar surface area (TPSA) is 38.7 Å². The standard InChI is InChI=1S/C21H34O3/c1-6-7-12-24-21(14-16(4)8-10-18(21)15(2)3)17-9-11-19(22)20(13-17)23-5/h9,11,13,15-16,18,22H,6-8,10,12,14H2,1-5H3. The maximum atomic E-state index is 9.99. The van der Waals surface area contributed by atoms with Gasteiger partial charge >= 0.3 is 0 Å². The van der Waals surface area contributed by atoms with E-state index in [0.717, 1.165) is 31.4 Å². The van der Waals surface area contributed by atoms with Gasteiger partial charge in [-0.3, -0.25) is 0 Å². The monoisotopic (exact) mass is 334 g/mol. The van der Waals surface area contributed by atoms with Gasteiger partial charge in [-0.15, -0.1) is 0 Å². The van der Waals surface area contributed by atoms with E-state index in [1.807, 2.05) is 12.1 Å². The van der Waals surface area contributed by atoms with Crippen molar-refractivity contribution in [3.05, 3.63) is 23.8 Å². The fourth-order valence-corrected chi connectivity index (χ4v) is 4.26. The lowest BCUT2D eigenvalue weighted by Gasteiger charge is -2.48. The summed E-state index contributed by atoms with van der Waals surface area (Å²) in [7, 11) is 1.60. The number of aromatic hydroxyl groups is 1. The second-order valence-electron chi connectivity index (χ2n) is 7.72. The number of ether oxygens (including phenoxy) is 2. The number of methoxy groups -OCH3 is 1. The minimum atomic E-state index is -0.276. The quantitative estimate of drug-likeness (QED) is 0.669. The van der Waals surface area contributed by atoms with Crippen LogP contribution in [0.25, 0.3) is 0 Å². The number of hydrogen-bond donors (Lipinski definition) is 1. The Morgan fingerprint density at radius 2 is 2.04 bits per heavy atom. The van der Waals surface area contributed by atoms with Crippen molar-refractivity contribution in [3.63, 3.8) is 0 Å². The maximum Gasteiger partial charge on any atom is 0.160 e. The molecule has 1 saturated carbocycles. The zero-order valence-corrected chi connectivity index (χ0v) is 16.0. The van der Waals surface area contributed by atoms with Gasteiger partial charge in [-0.05, 0) is 54.7 Å². The first-order chi connectivity index (χ1) is 11.4. The molecule has 1 aliphatic carbocycles. The summed E-state index contributed by atoms with van der Waals surface area (Å²) in [5.74, 6) is 2.40. The Balaban J connectivity index is 2.48. The third kappa shape index (κ3) is 3.88. The van der Waals surface area contributed by atoms with Gasteiger partial charge in [0.15, 0.2) is 11.5 Å². The SMILES string of the molecule is CCCCOC1(c2ccc(O)c(OC)c2)CC(C)CCC1C(C)C. The Morgan fingerprint density at radius 1 is 1.29 bits per heavy atom. The molecule has 0 radical (unpaired) electrons. The van der Waals surface area contributed by atoms with Crippen LogP contribution in [-0.2, 0) is 10.3 Å². The zero-order chi connectivity index (χ0) is 17.7. The lowest BCUT2D eigenvalue weighted by atomic mass is 9.64. The van der Waals surface area contributed by atoms with E-state index in [9.17, 15) is 5.11 Å². The molecule has 136 valence electrons. The summed E-state index contributed by atoms with van der Waals surface area (Å²) in [6, 6.07) is 5.75. The molecule has 0 heterocycles. The average Bonchev–Trinajstić information content (AvgIpc) is 2.55. The third-order valence-corrected chi connectivity index (χ3v) is 5.55. The summed E-state index contributed by atoms with van der Waals surface area (Å²) >= 11 is 0. The van der Waals surface area contributed by atoms with E-state index in [2.05, 4.69) is 27.7 Å². The van der Waals surface area contributed by atoms with Crippen LogP contribution in [0.3, 0.4) is 0 Å². The van der Waals surface area contributed by atoms with Gasteiger partial charge in [0.05, 0.1) is 12.7 Å². The van der Waals surface area contributed by atoms with Crippen LogP contribution in [0, 0.1) is 17.8 Å². The number of hydrogen-bond acceptors (Lipinski definition) is 3. The smallest absolute Gasteiger partial charge is 0.160 e. The molecule has 1 aliphatic rings. The molecule has 1 aromatic rings. The van der Waals surface area contributed by atoms with Crippen molar-refractivity contribution in [2.24, 2.45) is 17.8 Å². The Kier molecular flexibility index (Phi) is 6.56. The molecule has 0 aliphatic heterocycles. The van der Waals surface area contributed by atoms with Crippen molar-refractivity contribution >= 4 is 0 Å². The zero-order valence-electron chi connectivity index (χ0n) is 16.0. The molecule has 0 saturated heterocycles. The first-order valence-corrected chi connectivity index (χ1v) is 9.46. The number of phenolic OH excluding ortho intramolecular Hbond substituents is 1. The van der Waals surface area contributed by atoms with Crippen molar-refractivity contribution < 1.29 is 14.6 Å². The molecule has 3 unspecified atom stereocenters. The molecule has 0 spiro atoms. The number of rotatable bonds is 7. The fourth-order valence-electron chi connectivity index (χ4n) is 4.26. The van der Waals surface area contributed by atoms with Crippen molar-refractivity contribution in [3.8, 4) is 11.5 Å². The number of benzene rings is 1. The molecule has 3 heteroatoms. The van der Waals surface area contributed by atoms with E-state index >= 15 is 0 Å². The second kappa shape index (κ2) is 8.24. The first kappa shape index (κ1) is 19.1. The van der Waals surface area contributed by atoms with Gasteiger partial charge in [-0.1, -0.05) is 46.6 Å². The summed E-state index contributed by atoms with van der Waals surface area (Å²) in [5.41, 5.74) is 0.876. The molecule has 1 aromatic carbocycles. The minimum Gasteiger partial charge on any atom is -0.504 e. The predicted molar refractivity (Wildman–Crippen MR) is 98.5 cm³/mol. The predicted octanol–water partition coefficient (Wildman–Crippen LogP) is 5.51. The highest BCUT2D eigenvalue weighted by Gasteiger charge is 2.46. The maximum absolute atomic E-state index is 9.99. The molecule has 3 nitrogen and oxygen atoms in total. The van der Waals surface area contributed by atoms with Gasteiger partial charge in [0.25, 0.3) is 0 Å². The van der Waals surface area contributed by atoms with Crippen molar-refractivity contribution in [2.45, 2.75) is 65.4 Å². The Labute approximate surface area is 147 Å². The van der Waals surface area contributed by atoms with E-state index in [-0.39, 0.29) is 11.4 Å². The summed E-state index contributed by atoms with van der Waals surface area (Å²) in [5, 5.41) is 9.99. The lowest BCUT2D eigenvalue weighted by molar-refractivity contribution is -0.139. The number of phenols is 1. The molecule has 1 N–H and O–H groups in total. The average molecular weight is 335 g/mol. The van der Waals surface area contributed by atoms with E-state index in [1.165, 1.54) is 12.8 Å². The molecular weight excluding hydrogens is 300 g/mol. The molecule has 24 heavy (non-hydrogen) atoms. The van der Waals surface area contributed by atoms with Crippen LogP contribution >= 0.6 is 0 Å². The normalized spacial score (nSPS) is 27.4. The highest BCUT2D eigenvalue weighted by atomic mass is 16.5. The van der Waals surface area contributed by atoms with Crippen molar-refractivity contribution in [1.29, 1.82) is 0 Å². The van der Waals surface area contributed by atoms with Crippen LogP contribution in [-0.4, -0.2) is 18.8 Å². The van der Waals surface area contributed by atoms with Crippen LogP contribution in [0.1, 0.15) is 65.4 Å². The molecule has 0 bridgehead atoms. The van der Waals surface area contributed by atoms with Crippen LogP contribution in [0.4, 0.5) is 0 Å². The minimum absolute atomic E-state index is 0.190. The first-order valence-electron chi connectivity index (χ1n) is 9.46. The Hall–Kier alpha value is -1.22. The van der Waals surface area contributed by atoms with Gasteiger partial charge in [0, 0.05) is 6.61 Å². The largest absolute Gasteiger partial charge is 0.504 e.